The standard InChI is InChI=1S/C8H6ClN3O2/c9-7-2-1-6(3-10-7)13-4-8-11-5-14-12-8/h1-3,5H,4H2. The number of pyridine rings is 1. The molecule has 5 nitrogen and oxygen atoms in total. The van der Waals surface area contributed by atoms with Gasteiger partial charge in [0.2, 0.25) is 12.2 Å². The van der Waals surface area contributed by atoms with E-state index >= 15 is 0 Å². The molecular weight excluding hydrogens is 206 g/mol. The number of hydrogen-bond acceptors (Lipinski definition) is 5. The van der Waals surface area contributed by atoms with E-state index in [4.69, 9.17) is 16.3 Å². The Hall–Kier alpha value is -1.62. The van der Waals surface area contributed by atoms with Crippen LogP contribution in [0, 0.1) is 0 Å². The van der Waals surface area contributed by atoms with Crippen LogP contribution in [-0.4, -0.2) is 15.1 Å². The van der Waals surface area contributed by atoms with E-state index in [-0.39, 0.29) is 6.61 Å². The van der Waals surface area contributed by atoms with Crippen LogP contribution >= 0.6 is 11.6 Å². The molecule has 2 aromatic heterocycles. The number of aromatic nitrogens is 3. The van der Waals surface area contributed by atoms with Crippen molar-refractivity contribution in [3.8, 4) is 5.75 Å². The third kappa shape index (κ3) is 2.20. The van der Waals surface area contributed by atoms with E-state index in [1.807, 2.05) is 0 Å². The Morgan fingerprint density at radius 1 is 1.36 bits per heavy atom. The molecule has 0 aromatic carbocycles. The lowest BCUT2D eigenvalue weighted by Gasteiger charge is -2.01. The molecule has 0 N–H and O–H groups in total. The van der Waals surface area contributed by atoms with E-state index in [1.165, 1.54) is 12.6 Å². The molecule has 0 fully saturated rings. The van der Waals surface area contributed by atoms with Gasteiger partial charge in [-0.15, -0.1) is 0 Å². The highest BCUT2D eigenvalue weighted by Crippen LogP contribution is 2.12. The molecule has 2 heterocycles. The second-order valence-electron chi connectivity index (χ2n) is 2.45. The van der Waals surface area contributed by atoms with Crippen LogP contribution in [0.15, 0.2) is 29.2 Å². The van der Waals surface area contributed by atoms with Crippen molar-refractivity contribution < 1.29 is 9.26 Å². The highest BCUT2D eigenvalue weighted by molar-refractivity contribution is 6.29. The van der Waals surface area contributed by atoms with E-state index in [1.54, 1.807) is 12.1 Å². The van der Waals surface area contributed by atoms with Crippen LogP contribution in [0.1, 0.15) is 5.82 Å². The van der Waals surface area contributed by atoms with Crippen molar-refractivity contribution in [1.82, 2.24) is 15.1 Å². The Labute approximate surface area is 84.7 Å². The van der Waals surface area contributed by atoms with Crippen molar-refractivity contribution in [2.45, 2.75) is 6.61 Å². The fraction of sp³-hybridized carbons (Fsp3) is 0.125. The highest BCUT2D eigenvalue weighted by atomic mass is 35.5. The predicted octanol–water partition coefficient (Wildman–Crippen LogP) is 1.70. The lowest BCUT2D eigenvalue weighted by atomic mass is 10.5. The number of ether oxygens (including phenoxy) is 1. The molecule has 0 spiro atoms. The zero-order chi connectivity index (χ0) is 9.80. The summed E-state index contributed by atoms with van der Waals surface area (Å²) in [6, 6.07) is 3.36. The average Bonchev–Trinajstić information content (AvgIpc) is 2.70. The molecule has 2 aromatic rings. The Balaban J connectivity index is 1.95. The van der Waals surface area contributed by atoms with Crippen LogP contribution in [0.4, 0.5) is 0 Å². The van der Waals surface area contributed by atoms with E-state index in [0.717, 1.165) is 0 Å². The summed E-state index contributed by atoms with van der Waals surface area (Å²) >= 11 is 5.61. The normalized spacial score (nSPS) is 10.1. The van der Waals surface area contributed by atoms with Crippen LogP contribution in [0.5, 0.6) is 5.75 Å². The van der Waals surface area contributed by atoms with Crippen molar-refractivity contribution in [3.63, 3.8) is 0 Å². The first-order valence-electron chi connectivity index (χ1n) is 3.84. The van der Waals surface area contributed by atoms with E-state index < -0.39 is 0 Å². The summed E-state index contributed by atoms with van der Waals surface area (Å²) in [4.78, 5) is 7.65. The topological polar surface area (TPSA) is 61.0 Å². The van der Waals surface area contributed by atoms with E-state index in [9.17, 15) is 0 Å². The van der Waals surface area contributed by atoms with Gasteiger partial charge in [0.1, 0.15) is 10.9 Å². The molecule has 6 heteroatoms. The van der Waals surface area contributed by atoms with Crippen molar-refractivity contribution in [2.24, 2.45) is 0 Å². The van der Waals surface area contributed by atoms with Gasteiger partial charge in [-0.05, 0) is 12.1 Å². The molecule has 0 aliphatic heterocycles. The second-order valence-corrected chi connectivity index (χ2v) is 2.84. The summed E-state index contributed by atoms with van der Waals surface area (Å²) in [6.07, 6.45) is 2.78. The quantitative estimate of drug-likeness (QED) is 0.723. The molecule has 0 amide bonds. The molecule has 14 heavy (non-hydrogen) atoms. The monoisotopic (exact) mass is 211 g/mol. The molecule has 0 saturated carbocycles. The predicted molar refractivity (Wildman–Crippen MR) is 47.9 cm³/mol. The van der Waals surface area contributed by atoms with Gasteiger partial charge in [-0.3, -0.25) is 0 Å². The average molecular weight is 212 g/mol. The number of hydrogen-bond donors (Lipinski definition) is 0. The minimum absolute atomic E-state index is 0.250. The molecular formula is C8H6ClN3O2. The third-order valence-electron chi connectivity index (χ3n) is 1.48. The van der Waals surface area contributed by atoms with Crippen LogP contribution in [0.2, 0.25) is 5.15 Å². The summed E-state index contributed by atoms with van der Waals surface area (Å²) in [5.41, 5.74) is 0. The summed E-state index contributed by atoms with van der Waals surface area (Å²) in [6.45, 7) is 0.250. The Kier molecular flexibility index (Phi) is 2.60. The molecule has 0 atom stereocenters. The zero-order valence-electron chi connectivity index (χ0n) is 7.05. The van der Waals surface area contributed by atoms with Gasteiger partial charge in [0.05, 0.1) is 6.20 Å². The molecule has 0 saturated heterocycles. The summed E-state index contributed by atoms with van der Waals surface area (Å²) in [7, 11) is 0. The lowest BCUT2D eigenvalue weighted by Crippen LogP contribution is -1.97. The number of rotatable bonds is 3. The molecule has 72 valence electrons. The highest BCUT2D eigenvalue weighted by Gasteiger charge is 1.99. The molecule has 0 aliphatic carbocycles. The first-order valence-corrected chi connectivity index (χ1v) is 4.22. The fourth-order valence-electron chi connectivity index (χ4n) is 0.852. The van der Waals surface area contributed by atoms with Gasteiger partial charge in [-0.1, -0.05) is 16.8 Å². The lowest BCUT2D eigenvalue weighted by molar-refractivity contribution is 0.285. The smallest absolute Gasteiger partial charge is 0.213 e. The Morgan fingerprint density at radius 3 is 2.93 bits per heavy atom. The van der Waals surface area contributed by atoms with Crippen LogP contribution < -0.4 is 4.74 Å². The molecule has 0 unspecified atom stereocenters. The number of halogens is 1. The molecule has 0 aliphatic rings. The minimum Gasteiger partial charge on any atom is -0.484 e. The van der Waals surface area contributed by atoms with Gasteiger partial charge >= 0.3 is 0 Å². The maximum atomic E-state index is 5.61. The van der Waals surface area contributed by atoms with Gasteiger partial charge in [0.25, 0.3) is 0 Å². The van der Waals surface area contributed by atoms with Crippen LogP contribution in [0.25, 0.3) is 0 Å². The molecule has 0 radical (unpaired) electrons. The van der Waals surface area contributed by atoms with Gasteiger partial charge in [-0.2, -0.15) is 4.98 Å². The summed E-state index contributed by atoms with van der Waals surface area (Å²) < 4.78 is 9.84. The van der Waals surface area contributed by atoms with E-state index in [2.05, 4.69) is 19.6 Å². The van der Waals surface area contributed by atoms with E-state index in [0.29, 0.717) is 16.7 Å². The van der Waals surface area contributed by atoms with Crippen molar-refractivity contribution in [3.05, 3.63) is 35.7 Å². The first-order chi connectivity index (χ1) is 6.84. The summed E-state index contributed by atoms with van der Waals surface area (Å²) in [5.74, 6) is 1.10. The second kappa shape index (κ2) is 4.06. The van der Waals surface area contributed by atoms with Crippen LogP contribution in [0.3, 0.4) is 0 Å². The maximum Gasteiger partial charge on any atom is 0.213 e. The largest absolute Gasteiger partial charge is 0.484 e. The van der Waals surface area contributed by atoms with Gasteiger partial charge < -0.3 is 9.26 Å². The summed E-state index contributed by atoms with van der Waals surface area (Å²) in [5, 5.41) is 4.02. The molecule has 2 rings (SSSR count). The minimum atomic E-state index is 0.250. The zero-order valence-corrected chi connectivity index (χ0v) is 7.81. The van der Waals surface area contributed by atoms with Crippen molar-refractivity contribution in [2.75, 3.05) is 0 Å². The van der Waals surface area contributed by atoms with Gasteiger partial charge in [-0.25, -0.2) is 4.98 Å². The maximum absolute atomic E-state index is 5.61. The fourth-order valence-corrected chi connectivity index (χ4v) is 0.963. The first kappa shape index (κ1) is 8.96. The van der Waals surface area contributed by atoms with Crippen LogP contribution in [-0.2, 0) is 6.61 Å². The number of nitrogens with zero attached hydrogens (tertiary/aromatic N) is 3. The van der Waals surface area contributed by atoms with Crippen molar-refractivity contribution in [1.29, 1.82) is 0 Å². The third-order valence-corrected chi connectivity index (χ3v) is 1.70. The van der Waals surface area contributed by atoms with Gasteiger partial charge in [0.15, 0.2) is 6.61 Å². The molecule has 0 bridgehead atoms. The SMILES string of the molecule is Clc1ccc(OCc2ncon2)cn1. The Bertz CT molecular complexity index is 387. The Morgan fingerprint density at radius 2 is 2.29 bits per heavy atom. The van der Waals surface area contributed by atoms with Gasteiger partial charge in [0, 0.05) is 0 Å². The van der Waals surface area contributed by atoms with Crippen molar-refractivity contribution >= 4 is 11.6 Å².